The Bertz CT molecular complexity index is 1510. The molecule has 1 saturated heterocycles. The number of carbonyl (C=O) groups excluding carboxylic acids is 3. The van der Waals surface area contributed by atoms with Crippen LogP contribution in [0.1, 0.15) is 59.5 Å². The van der Waals surface area contributed by atoms with Gasteiger partial charge in [-0.3, -0.25) is 14.9 Å². The second-order valence-corrected chi connectivity index (χ2v) is 11.2. The van der Waals surface area contributed by atoms with Gasteiger partial charge in [-0.05, 0) is 48.1 Å². The highest BCUT2D eigenvalue weighted by Gasteiger charge is 2.31. The Balaban J connectivity index is 1.53. The summed E-state index contributed by atoms with van der Waals surface area (Å²) in [6.07, 6.45) is 7.95. The number of benzene rings is 2. The highest BCUT2D eigenvalue weighted by molar-refractivity contribution is 6.07. The highest BCUT2D eigenvalue weighted by Crippen LogP contribution is 2.46. The van der Waals surface area contributed by atoms with E-state index in [2.05, 4.69) is 28.1 Å². The number of nitrogens with zero attached hydrogens (tertiary/aromatic N) is 3. The van der Waals surface area contributed by atoms with E-state index in [1.807, 2.05) is 35.2 Å². The molecule has 8 nitrogen and oxygen atoms in total. The van der Waals surface area contributed by atoms with Crippen LogP contribution in [0.2, 0.25) is 0 Å². The van der Waals surface area contributed by atoms with Crippen molar-refractivity contribution in [3.05, 3.63) is 64.7 Å². The number of ether oxygens (including phenoxy) is 1. The van der Waals surface area contributed by atoms with Crippen molar-refractivity contribution in [2.75, 3.05) is 40.4 Å². The number of fused-ring (bicyclic) bond motifs is 5. The lowest BCUT2D eigenvalue weighted by atomic mass is 9.81. The molecular weight excluding hydrogens is 504 g/mol. The summed E-state index contributed by atoms with van der Waals surface area (Å²) in [6, 6.07) is 13.6. The summed E-state index contributed by atoms with van der Waals surface area (Å²) in [4.78, 5) is 42.3. The van der Waals surface area contributed by atoms with Crippen LogP contribution < -0.4 is 5.32 Å². The van der Waals surface area contributed by atoms with Gasteiger partial charge < -0.3 is 19.1 Å². The first-order valence-electron chi connectivity index (χ1n) is 14.3. The average Bonchev–Trinajstić information content (AvgIpc) is 3.19. The molecule has 1 aliphatic carbocycles. The Kier molecular flexibility index (Phi) is 7.19. The van der Waals surface area contributed by atoms with Crippen molar-refractivity contribution in [1.82, 2.24) is 19.7 Å². The molecule has 3 aromatic rings. The molecule has 0 bridgehead atoms. The second-order valence-electron chi connectivity index (χ2n) is 11.2. The minimum Gasteiger partial charge on any atom is -0.378 e. The van der Waals surface area contributed by atoms with Crippen molar-refractivity contribution in [3.8, 4) is 11.3 Å². The van der Waals surface area contributed by atoms with Gasteiger partial charge in [0, 0.05) is 54.8 Å². The molecule has 1 aromatic heterocycles. The van der Waals surface area contributed by atoms with Crippen molar-refractivity contribution >= 4 is 34.8 Å². The number of carbonyl (C=O) groups is 3. The van der Waals surface area contributed by atoms with Crippen molar-refractivity contribution < 1.29 is 19.1 Å². The van der Waals surface area contributed by atoms with Crippen molar-refractivity contribution in [3.63, 3.8) is 0 Å². The Morgan fingerprint density at radius 2 is 1.73 bits per heavy atom. The number of nitrogens with one attached hydrogen (secondary N) is 1. The summed E-state index contributed by atoms with van der Waals surface area (Å²) in [6.45, 7) is 2.65. The van der Waals surface area contributed by atoms with Gasteiger partial charge in [-0.25, -0.2) is 4.79 Å². The molecule has 6 rings (SSSR count). The molecule has 8 heteroatoms. The van der Waals surface area contributed by atoms with E-state index in [9.17, 15) is 14.4 Å². The zero-order chi connectivity index (χ0) is 27.8. The third kappa shape index (κ3) is 4.81. The molecule has 2 aromatic carbocycles. The standard InChI is InChI=1S/C32H36N4O4/c1-34(2)32(39)33-30(37)23-12-13-26-27(19-23)36-20-24(31(38)35-14-16-40-17-15-35)18-22-10-6-7-11-25(22)29(36)28(26)21-8-4-3-5-9-21/h6-7,10-13,18-19,21H,3-5,8-9,14-17,20H2,1-2H3,(H,33,37,39). The molecule has 3 heterocycles. The maximum Gasteiger partial charge on any atom is 0.323 e. The highest BCUT2D eigenvalue weighted by atomic mass is 16.5. The van der Waals surface area contributed by atoms with Crippen molar-refractivity contribution in [2.45, 2.75) is 44.6 Å². The lowest BCUT2D eigenvalue weighted by Gasteiger charge is -2.28. The normalized spacial score (nSPS) is 17.4. The van der Waals surface area contributed by atoms with E-state index in [4.69, 9.17) is 4.74 Å². The first kappa shape index (κ1) is 26.3. The molecule has 40 heavy (non-hydrogen) atoms. The first-order valence-corrected chi connectivity index (χ1v) is 14.3. The summed E-state index contributed by atoms with van der Waals surface area (Å²) >= 11 is 0. The molecule has 0 spiro atoms. The predicted octanol–water partition coefficient (Wildman–Crippen LogP) is 5.02. The van der Waals surface area contributed by atoms with Gasteiger partial charge in [0.15, 0.2) is 0 Å². The third-order valence-corrected chi connectivity index (χ3v) is 8.45. The maximum absolute atomic E-state index is 13.8. The Morgan fingerprint density at radius 1 is 0.975 bits per heavy atom. The fourth-order valence-corrected chi connectivity index (χ4v) is 6.40. The summed E-state index contributed by atoms with van der Waals surface area (Å²) in [5, 5.41) is 3.58. The Labute approximate surface area is 234 Å². The van der Waals surface area contributed by atoms with E-state index >= 15 is 0 Å². The van der Waals surface area contributed by atoms with Crippen LogP contribution in [0.25, 0.3) is 28.2 Å². The second kappa shape index (κ2) is 10.9. The van der Waals surface area contributed by atoms with Crippen LogP contribution in [0.3, 0.4) is 0 Å². The number of imide groups is 1. The summed E-state index contributed by atoms with van der Waals surface area (Å²) in [7, 11) is 3.21. The largest absolute Gasteiger partial charge is 0.378 e. The number of rotatable bonds is 3. The molecule has 2 aliphatic heterocycles. The Hall–Kier alpha value is -3.91. The summed E-state index contributed by atoms with van der Waals surface area (Å²) < 4.78 is 7.73. The smallest absolute Gasteiger partial charge is 0.323 e. The van der Waals surface area contributed by atoms with Crippen molar-refractivity contribution in [2.24, 2.45) is 0 Å². The van der Waals surface area contributed by atoms with E-state index < -0.39 is 11.9 Å². The van der Waals surface area contributed by atoms with Crippen LogP contribution in [0.4, 0.5) is 4.79 Å². The lowest BCUT2D eigenvalue weighted by Crippen LogP contribution is -2.41. The van der Waals surface area contributed by atoms with Crippen LogP contribution in [0.15, 0.2) is 48.0 Å². The van der Waals surface area contributed by atoms with Crippen LogP contribution in [0.5, 0.6) is 0 Å². The van der Waals surface area contributed by atoms with Gasteiger partial charge in [-0.2, -0.15) is 0 Å². The minimum atomic E-state index is -0.461. The van der Waals surface area contributed by atoms with E-state index in [1.165, 1.54) is 29.7 Å². The van der Waals surface area contributed by atoms with E-state index in [1.54, 1.807) is 14.1 Å². The summed E-state index contributed by atoms with van der Waals surface area (Å²) in [5.74, 6) is -0.00547. The fraction of sp³-hybridized carbons (Fsp3) is 0.406. The summed E-state index contributed by atoms with van der Waals surface area (Å²) in [5.41, 5.74) is 6.65. The topological polar surface area (TPSA) is 83.9 Å². The monoisotopic (exact) mass is 540 g/mol. The number of urea groups is 1. The molecule has 2 fully saturated rings. The van der Waals surface area contributed by atoms with Crippen LogP contribution in [0, 0.1) is 0 Å². The van der Waals surface area contributed by atoms with Gasteiger partial charge in [-0.15, -0.1) is 0 Å². The SMILES string of the molecule is CN(C)C(=O)NC(=O)c1ccc2c(C3CCCCC3)c3n(c2c1)CC(C(=O)N1CCOCC1)=Cc1ccccc1-3. The minimum absolute atomic E-state index is 0.0255. The molecule has 0 radical (unpaired) electrons. The van der Waals surface area contributed by atoms with Crippen molar-refractivity contribution in [1.29, 1.82) is 0 Å². The first-order chi connectivity index (χ1) is 19.4. The number of aromatic nitrogens is 1. The van der Waals surface area contributed by atoms with Gasteiger partial charge in [-0.1, -0.05) is 49.6 Å². The van der Waals surface area contributed by atoms with Gasteiger partial charge in [0.05, 0.1) is 25.5 Å². The number of morpholine rings is 1. The quantitative estimate of drug-likeness (QED) is 0.506. The van der Waals surface area contributed by atoms with Crippen LogP contribution >= 0.6 is 0 Å². The van der Waals surface area contributed by atoms with Crippen LogP contribution in [-0.2, 0) is 16.1 Å². The Morgan fingerprint density at radius 3 is 2.48 bits per heavy atom. The molecule has 208 valence electrons. The van der Waals surface area contributed by atoms with E-state index in [0.717, 1.165) is 46.1 Å². The molecule has 0 atom stereocenters. The number of hydrogen-bond acceptors (Lipinski definition) is 4. The van der Waals surface area contributed by atoms with Gasteiger partial charge in [0.1, 0.15) is 0 Å². The maximum atomic E-state index is 13.8. The number of amides is 4. The molecule has 1 saturated carbocycles. The molecule has 0 unspecified atom stereocenters. The molecular formula is C32H36N4O4. The molecule has 1 N–H and O–H groups in total. The average molecular weight is 541 g/mol. The zero-order valence-corrected chi connectivity index (χ0v) is 23.2. The van der Waals surface area contributed by atoms with E-state index in [0.29, 0.717) is 44.3 Å². The van der Waals surface area contributed by atoms with Crippen LogP contribution in [-0.4, -0.2) is 72.6 Å². The van der Waals surface area contributed by atoms with Gasteiger partial charge in [0.25, 0.3) is 11.8 Å². The molecule has 4 amide bonds. The fourth-order valence-electron chi connectivity index (χ4n) is 6.40. The lowest BCUT2D eigenvalue weighted by molar-refractivity contribution is -0.131. The zero-order valence-electron chi connectivity index (χ0n) is 23.2. The predicted molar refractivity (Wildman–Crippen MR) is 155 cm³/mol. The van der Waals surface area contributed by atoms with E-state index in [-0.39, 0.29) is 5.91 Å². The van der Waals surface area contributed by atoms with Gasteiger partial charge in [0.2, 0.25) is 0 Å². The number of hydrogen-bond donors (Lipinski definition) is 1. The molecule has 3 aliphatic rings. The van der Waals surface area contributed by atoms with Gasteiger partial charge >= 0.3 is 6.03 Å². The third-order valence-electron chi connectivity index (χ3n) is 8.45.